The predicted octanol–water partition coefficient (Wildman–Crippen LogP) is 2.36. The molecule has 0 saturated carbocycles. The van der Waals surface area contributed by atoms with Crippen LogP contribution in [-0.2, 0) is 24.2 Å². The van der Waals surface area contributed by atoms with Crippen LogP contribution in [0.1, 0.15) is 31.2 Å². The summed E-state index contributed by atoms with van der Waals surface area (Å²) in [6, 6.07) is 10.5. The van der Waals surface area contributed by atoms with E-state index in [2.05, 4.69) is 56.4 Å². The molecule has 0 aliphatic carbocycles. The molecule has 26 heavy (non-hydrogen) atoms. The number of aromatic nitrogens is 2. The zero-order valence-corrected chi connectivity index (χ0v) is 15.7. The van der Waals surface area contributed by atoms with E-state index in [1.165, 1.54) is 5.56 Å². The molecule has 6 heteroatoms. The molecule has 3 rings (SSSR count). The standard InChI is InChI=1S/C20H29N5O/c1-20(10-6-14-26-20)16-24-19(21-2)23-15-18-22-11-13-25(18)12-9-17-7-4-3-5-8-17/h3-5,7-8,11,13H,6,9-10,12,14-16H2,1-2H3,(H2,21,23,24). The van der Waals surface area contributed by atoms with E-state index in [0.29, 0.717) is 6.54 Å². The smallest absolute Gasteiger partial charge is 0.191 e. The Balaban J connectivity index is 1.48. The fourth-order valence-electron chi connectivity index (χ4n) is 3.24. The van der Waals surface area contributed by atoms with Crippen LogP contribution in [0.3, 0.4) is 0 Å². The summed E-state index contributed by atoms with van der Waals surface area (Å²) in [6.45, 7) is 5.31. The lowest BCUT2D eigenvalue weighted by molar-refractivity contribution is 0.0243. The van der Waals surface area contributed by atoms with E-state index in [1.54, 1.807) is 7.05 Å². The lowest BCUT2D eigenvalue weighted by Gasteiger charge is -2.24. The van der Waals surface area contributed by atoms with Gasteiger partial charge in [0.2, 0.25) is 0 Å². The number of ether oxygens (including phenoxy) is 1. The Bertz CT molecular complexity index is 704. The highest BCUT2D eigenvalue weighted by Crippen LogP contribution is 2.23. The molecule has 0 radical (unpaired) electrons. The number of imidazole rings is 1. The molecule has 6 nitrogen and oxygen atoms in total. The van der Waals surface area contributed by atoms with Gasteiger partial charge in [-0.2, -0.15) is 0 Å². The second-order valence-corrected chi connectivity index (χ2v) is 6.95. The van der Waals surface area contributed by atoms with Crippen LogP contribution < -0.4 is 10.6 Å². The first kappa shape index (κ1) is 18.5. The summed E-state index contributed by atoms with van der Waals surface area (Å²) < 4.78 is 8.01. The minimum absolute atomic E-state index is 0.0915. The Morgan fingerprint density at radius 3 is 2.88 bits per heavy atom. The fraction of sp³-hybridized carbons (Fsp3) is 0.500. The molecule has 0 spiro atoms. The van der Waals surface area contributed by atoms with Crippen molar-refractivity contribution in [1.82, 2.24) is 20.2 Å². The highest BCUT2D eigenvalue weighted by molar-refractivity contribution is 5.79. The second kappa shape index (κ2) is 8.85. The summed E-state index contributed by atoms with van der Waals surface area (Å²) in [4.78, 5) is 8.78. The average Bonchev–Trinajstić information content (AvgIpc) is 3.30. The second-order valence-electron chi connectivity index (χ2n) is 6.95. The van der Waals surface area contributed by atoms with Crippen molar-refractivity contribution in [3.63, 3.8) is 0 Å². The minimum atomic E-state index is -0.0915. The highest BCUT2D eigenvalue weighted by Gasteiger charge is 2.29. The molecular weight excluding hydrogens is 326 g/mol. The summed E-state index contributed by atoms with van der Waals surface area (Å²) in [5, 5.41) is 6.72. The molecular formula is C20H29N5O. The van der Waals surface area contributed by atoms with Crippen LogP contribution >= 0.6 is 0 Å². The fourth-order valence-corrected chi connectivity index (χ4v) is 3.24. The number of aliphatic imine (C=N–C) groups is 1. The van der Waals surface area contributed by atoms with E-state index in [4.69, 9.17) is 4.74 Å². The van der Waals surface area contributed by atoms with Crippen LogP contribution in [0.5, 0.6) is 0 Å². The lowest BCUT2D eigenvalue weighted by atomic mass is 10.0. The molecule has 1 fully saturated rings. The molecule has 2 N–H and O–H groups in total. The topological polar surface area (TPSA) is 63.5 Å². The van der Waals surface area contributed by atoms with Gasteiger partial charge in [-0.1, -0.05) is 30.3 Å². The number of nitrogens with zero attached hydrogens (tertiary/aromatic N) is 3. The Hall–Kier alpha value is -2.34. The van der Waals surface area contributed by atoms with E-state index < -0.39 is 0 Å². The number of hydrogen-bond donors (Lipinski definition) is 2. The van der Waals surface area contributed by atoms with Gasteiger partial charge in [0.1, 0.15) is 5.82 Å². The van der Waals surface area contributed by atoms with Gasteiger partial charge in [0, 0.05) is 39.1 Å². The van der Waals surface area contributed by atoms with Gasteiger partial charge >= 0.3 is 0 Å². The first-order valence-corrected chi connectivity index (χ1v) is 9.31. The maximum absolute atomic E-state index is 5.82. The highest BCUT2D eigenvalue weighted by atomic mass is 16.5. The van der Waals surface area contributed by atoms with Gasteiger partial charge in [0.25, 0.3) is 0 Å². The number of guanidine groups is 1. The van der Waals surface area contributed by atoms with Crippen molar-refractivity contribution in [2.24, 2.45) is 4.99 Å². The van der Waals surface area contributed by atoms with Crippen LogP contribution in [0.15, 0.2) is 47.7 Å². The van der Waals surface area contributed by atoms with Crippen LogP contribution in [-0.4, -0.2) is 41.3 Å². The summed E-state index contributed by atoms with van der Waals surface area (Å²) in [6.07, 6.45) is 7.09. The molecule has 2 aromatic rings. The van der Waals surface area contributed by atoms with Crippen LogP contribution in [0.2, 0.25) is 0 Å². The zero-order chi connectivity index (χ0) is 18.2. The number of benzene rings is 1. The number of nitrogens with one attached hydrogen (secondary N) is 2. The summed E-state index contributed by atoms with van der Waals surface area (Å²) in [5.41, 5.74) is 1.24. The Labute approximate surface area is 155 Å². The Kier molecular flexibility index (Phi) is 6.28. The minimum Gasteiger partial charge on any atom is -0.373 e. The first-order valence-electron chi connectivity index (χ1n) is 9.31. The van der Waals surface area contributed by atoms with Gasteiger partial charge in [-0.15, -0.1) is 0 Å². The molecule has 0 amide bonds. The SMILES string of the molecule is CN=C(NCc1nccn1CCc1ccccc1)NCC1(C)CCCO1. The van der Waals surface area contributed by atoms with Gasteiger partial charge in [0.05, 0.1) is 12.1 Å². The Morgan fingerprint density at radius 2 is 2.15 bits per heavy atom. The van der Waals surface area contributed by atoms with E-state index in [-0.39, 0.29) is 5.60 Å². The molecule has 1 saturated heterocycles. The molecule has 1 aliphatic heterocycles. The van der Waals surface area contributed by atoms with Crippen LogP contribution in [0.4, 0.5) is 0 Å². The van der Waals surface area contributed by atoms with Crippen LogP contribution in [0.25, 0.3) is 0 Å². The van der Waals surface area contributed by atoms with Crippen molar-refractivity contribution in [1.29, 1.82) is 0 Å². The molecule has 140 valence electrons. The quantitative estimate of drug-likeness (QED) is 0.591. The maximum Gasteiger partial charge on any atom is 0.191 e. The number of rotatable bonds is 7. The van der Waals surface area contributed by atoms with Gasteiger partial charge in [0.15, 0.2) is 5.96 Å². The van der Waals surface area contributed by atoms with Crippen LogP contribution in [0, 0.1) is 0 Å². The van der Waals surface area contributed by atoms with Gasteiger partial charge in [-0.25, -0.2) is 4.98 Å². The van der Waals surface area contributed by atoms with Gasteiger partial charge < -0.3 is 19.9 Å². The Morgan fingerprint density at radius 1 is 1.31 bits per heavy atom. The lowest BCUT2D eigenvalue weighted by Crippen LogP contribution is -2.45. The van der Waals surface area contributed by atoms with Crippen molar-refractivity contribution >= 4 is 5.96 Å². The van der Waals surface area contributed by atoms with Gasteiger partial charge in [-0.05, 0) is 31.7 Å². The molecule has 1 aliphatic rings. The van der Waals surface area contributed by atoms with Crippen molar-refractivity contribution < 1.29 is 4.74 Å². The summed E-state index contributed by atoms with van der Waals surface area (Å²) in [5.74, 6) is 1.78. The first-order chi connectivity index (χ1) is 12.7. The predicted molar refractivity (Wildman–Crippen MR) is 104 cm³/mol. The molecule has 2 heterocycles. The summed E-state index contributed by atoms with van der Waals surface area (Å²) in [7, 11) is 1.79. The third-order valence-corrected chi connectivity index (χ3v) is 4.85. The monoisotopic (exact) mass is 355 g/mol. The molecule has 1 aromatic heterocycles. The number of hydrogen-bond acceptors (Lipinski definition) is 3. The van der Waals surface area contributed by atoms with Crippen molar-refractivity contribution in [2.75, 3.05) is 20.2 Å². The molecule has 1 atom stereocenters. The molecule has 1 unspecified atom stereocenters. The van der Waals surface area contributed by atoms with E-state index in [0.717, 1.165) is 50.7 Å². The van der Waals surface area contributed by atoms with Gasteiger partial charge in [-0.3, -0.25) is 4.99 Å². The molecule has 0 bridgehead atoms. The maximum atomic E-state index is 5.82. The zero-order valence-electron chi connectivity index (χ0n) is 15.7. The third kappa shape index (κ3) is 5.08. The van der Waals surface area contributed by atoms with E-state index in [1.807, 2.05) is 18.5 Å². The van der Waals surface area contributed by atoms with E-state index >= 15 is 0 Å². The molecule has 1 aromatic carbocycles. The summed E-state index contributed by atoms with van der Waals surface area (Å²) >= 11 is 0. The largest absolute Gasteiger partial charge is 0.373 e. The average molecular weight is 355 g/mol. The normalized spacial score (nSPS) is 20.3. The van der Waals surface area contributed by atoms with Crippen molar-refractivity contribution in [2.45, 2.75) is 44.9 Å². The van der Waals surface area contributed by atoms with Crippen molar-refractivity contribution in [3.8, 4) is 0 Å². The third-order valence-electron chi connectivity index (χ3n) is 4.85. The number of aryl methyl sites for hydroxylation is 2. The van der Waals surface area contributed by atoms with Crippen molar-refractivity contribution in [3.05, 3.63) is 54.1 Å². The van der Waals surface area contributed by atoms with E-state index in [9.17, 15) is 0 Å².